The minimum Gasteiger partial charge on any atom is -0.504 e. The normalized spacial score (nSPS) is 10.2. The molecule has 9 heteroatoms. The Morgan fingerprint density at radius 1 is 0.718 bits per heavy atom. The molecular weight excluding hydrogens is 502 g/mol. The van der Waals surface area contributed by atoms with Crippen LogP contribution in [0.2, 0.25) is 0 Å². The van der Waals surface area contributed by atoms with Gasteiger partial charge in [-0.3, -0.25) is 19.7 Å². The van der Waals surface area contributed by atoms with E-state index in [9.17, 15) is 29.9 Å². The molecule has 4 aromatic carbocycles. The molecule has 0 saturated heterocycles. The standard InChI is InChI=1S/C15H13NO5.C15H14O3/c1-9-5-3-4-6-11(9)14(17)10-7-12(16(19)20)15(18)13(8-10)21-2;1-10-5-3-4-6-12(10)15(17)11-7-8-13(16)14(9-11)18-2/h3-8,18H,1-2H3;3-9,16H,1-2H3. The number of aromatic hydroxyl groups is 2. The maximum atomic E-state index is 12.5. The molecule has 0 unspecified atom stereocenters. The van der Waals surface area contributed by atoms with Crippen molar-refractivity contribution < 1.29 is 34.2 Å². The Labute approximate surface area is 225 Å². The van der Waals surface area contributed by atoms with Crippen LogP contribution < -0.4 is 9.47 Å². The van der Waals surface area contributed by atoms with Gasteiger partial charge in [-0.1, -0.05) is 48.5 Å². The van der Waals surface area contributed by atoms with Crippen LogP contribution in [0.1, 0.15) is 43.0 Å². The van der Waals surface area contributed by atoms with Gasteiger partial charge in [0.2, 0.25) is 5.75 Å². The molecule has 9 nitrogen and oxygen atoms in total. The summed E-state index contributed by atoms with van der Waals surface area (Å²) in [6.45, 7) is 3.67. The molecule has 39 heavy (non-hydrogen) atoms. The van der Waals surface area contributed by atoms with Crippen LogP contribution in [-0.2, 0) is 0 Å². The van der Waals surface area contributed by atoms with Crippen LogP contribution in [0.3, 0.4) is 0 Å². The predicted octanol–water partition coefficient (Wildman–Crippen LogP) is 5.79. The average molecular weight is 530 g/mol. The SMILES string of the molecule is COc1cc(C(=O)c2ccccc2C)cc([N+](=O)[O-])c1O.COc1cc(C(=O)c2ccccc2C)ccc1O. The van der Waals surface area contributed by atoms with Gasteiger partial charge in [0, 0.05) is 28.3 Å². The molecule has 200 valence electrons. The molecular formula is C30H27NO8. The number of ketones is 2. The first kappa shape index (κ1) is 28.4. The van der Waals surface area contributed by atoms with Crippen molar-refractivity contribution in [1.29, 1.82) is 0 Å². The van der Waals surface area contributed by atoms with Crippen LogP contribution in [0.15, 0.2) is 78.9 Å². The molecule has 0 atom stereocenters. The fraction of sp³-hybridized carbons (Fsp3) is 0.133. The third kappa shape index (κ3) is 6.40. The Kier molecular flexibility index (Phi) is 9.01. The van der Waals surface area contributed by atoms with Gasteiger partial charge in [0.25, 0.3) is 0 Å². The quantitative estimate of drug-likeness (QED) is 0.174. The van der Waals surface area contributed by atoms with Gasteiger partial charge in [-0.2, -0.15) is 0 Å². The molecule has 0 aromatic heterocycles. The first-order chi connectivity index (χ1) is 18.6. The maximum absolute atomic E-state index is 12.5. The van der Waals surface area contributed by atoms with Crippen molar-refractivity contribution in [3.63, 3.8) is 0 Å². The third-order valence-electron chi connectivity index (χ3n) is 5.95. The summed E-state index contributed by atoms with van der Waals surface area (Å²) in [6.07, 6.45) is 0. The molecule has 0 saturated carbocycles. The Bertz CT molecular complexity index is 1540. The zero-order valence-corrected chi connectivity index (χ0v) is 21.8. The summed E-state index contributed by atoms with van der Waals surface area (Å²) in [5.41, 5.74) is 2.81. The van der Waals surface area contributed by atoms with Crippen molar-refractivity contribution in [2.24, 2.45) is 0 Å². The number of ether oxygens (including phenoxy) is 2. The van der Waals surface area contributed by atoms with E-state index >= 15 is 0 Å². The highest BCUT2D eigenvalue weighted by Gasteiger charge is 2.23. The van der Waals surface area contributed by atoms with Crippen LogP contribution in [0.25, 0.3) is 0 Å². The number of phenolic OH excluding ortho intramolecular Hbond substituents is 2. The monoisotopic (exact) mass is 529 g/mol. The number of nitro groups is 1. The predicted molar refractivity (Wildman–Crippen MR) is 145 cm³/mol. The minimum atomic E-state index is -0.757. The lowest BCUT2D eigenvalue weighted by atomic mass is 9.98. The third-order valence-corrected chi connectivity index (χ3v) is 5.95. The molecule has 0 spiro atoms. The highest BCUT2D eigenvalue weighted by atomic mass is 16.6. The topological polar surface area (TPSA) is 136 Å². The van der Waals surface area contributed by atoms with Gasteiger partial charge < -0.3 is 19.7 Å². The zero-order chi connectivity index (χ0) is 28.7. The smallest absolute Gasteiger partial charge is 0.315 e. The lowest BCUT2D eigenvalue weighted by molar-refractivity contribution is -0.386. The van der Waals surface area contributed by atoms with Crippen LogP contribution in [0.4, 0.5) is 5.69 Å². The summed E-state index contributed by atoms with van der Waals surface area (Å²) >= 11 is 0. The van der Waals surface area contributed by atoms with E-state index in [2.05, 4.69) is 0 Å². The zero-order valence-electron chi connectivity index (χ0n) is 21.8. The van der Waals surface area contributed by atoms with E-state index in [1.165, 1.54) is 26.4 Å². The van der Waals surface area contributed by atoms with Gasteiger partial charge in [0.05, 0.1) is 19.1 Å². The minimum absolute atomic E-state index is 0.0267. The molecule has 0 fully saturated rings. The van der Waals surface area contributed by atoms with Gasteiger partial charge in [0.1, 0.15) is 0 Å². The van der Waals surface area contributed by atoms with E-state index in [1.807, 2.05) is 25.1 Å². The maximum Gasteiger partial charge on any atom is 0.315 e. The number of aryl methyl sites for hydroxylation is 2. The van der Waals surface area contributed by atoms with E-state index in [4.69, 9.17) is 9.47 Å². The number of hydrogen-bond acceptors (Lipinski definition) is 8. The second-order valence-corrected chi connectivity index (χ2v) is 8.48. The van der Waals surface area contributed by atoms with Gasteiger partial charge in [-0.05, 0) is 49.2 Å². The summed E-state index contributed by atoms with van der Waals surface area (Å²) in [7, 11) is 2.72. The summed E-state index contributed by atoms with van der Waals surface area (Å²) in [6, 6.07) is 21.3. The number of methoxy groups -OCH3 is 2. The van der Waals surface area contributed by atoms with E-state index in [1.54, 1.807) is 49.4 Å². The van der Waals surface area contributed by atoms with Crippen molar-refractivity contribution in [3.05, 3.63) is 122 Å². The van der Waals surface area contributed by atoms with Gasteiger partial charge in [-0.25, -0.2) is 0 Å². The number of carbonyl (C=O) groups is 2. The molecule has 0 aliphatic carbocycles. The van der Waals surface area contributed by atoms with Crippen LogP contribution in [0.5, 0.6) is 23.0 Å². The Morgan fingerprint density at radius 3 is 1.69 bits per heavy atom. The number of benzene rings is 4. The molecule has 2 N–H and O–H groups in total. The van der Waals surface area contributed by atoms with E-state index in [-0.39, 0.29) is 28.6 Å². The average Bonchev–Trinajstić information content (AvgIpc) is 2.93. The fourth-order valence-corrected chi connectivity index (χ4v) is 3.80. The lowest BCUT2D eigenvalue weighted by Crippen LogP contribution is -2.05. The highest BCUT2D eigenvalue weighted by Crippen LogP contribution is 2.37. The summed E-state index contributed by atoms with van der Waals surface area (Å²) < 4.78 is 9.89. The van der Waals surface area contributed by atoms with Crippen molar-refractivity contribution in [3.8, 4) is 23.0 Å². The van der Waals surface area contributed by atoms with Crippen molar-refractivity contribution in [2.45, 2.75) is 13.8 Å². The van der Waals surface area contributed by atoms with Crippen molar-refractivity contribution in [1.82, 2.24) is 0 Å². The van der Waals surface area contributed by atoms with Crippen LogP contribution >= 0.6 is 0 Å². The Morgan fingerprint density at radius 2 is 1.21 bits per heavy atom. The molecule has 0 heterocycles. The number of rotatable bonds is 7. The summed E-state index contributed by atoms with van der Waals surface area (Å²) in [4.78, 5) is 35.0. The van der Waals surface area contributed by atoms with Crippen LogP contribution in [-0.4, -0.2) is 40.9 Å². The highest BCUT2D eigenvalue weighted by molar-refractivity contribution is 6.11. The fourth-order valence-electron chi connectivity index (χ4n) is 3.80. The number of carbonyl (C=O) groups excluding carboxylic acids is 2. The molecule has 0 aliphatic heterocycles. The van der Waals surface area contributed by atoms with Crippen molar-refractivity contribution in [2.75, 3.05) is 14.2 Å². The molecule has 0 aliphatic rings. The second kappa shape index (κ2) is 12.4. The number of nitro benzene ring substituents is 1. The van der Waals surface area contributed by atoms with Crippen LogP contribution in [0, 0.1) is 24.0 Å². The van der Waals surface area contributed by atoms with Gasteiger partial charge in [-0.15, -0.1) is 0 Å². The second-order valence-electron chi connectivity index (χ2n) is 8.48. The Hall–Kier alpha value is -5.18. The first-order valence-electron chi connectivity index (χ1n) is 11.7. The Balaban J connectivity index is 0.000000218. The molecule has 4 rings (SSSR count). The molecule has 0 amide bonds. The van der Waals surface area contributed by atoms with E-state index in [0.717, 1.165) is 17.2 Å². The molecule has 0 radical (unpaired) electrons. The van der Waals surface area contributed by atoms with Gasteiger partial charge in [0.15, 0.2) is 28.8 Å². The van der Waals surface area contributed by atoms with E-state index < -0.39 is 16.4 Å². The first-order valence-corrected chi connectivity index (χ1v) is 11.7. The number of nitrogens with zero attached hydrogens (tertiary/aromatic N) is 1. The number of hydrogen-bond donors (Lipinski definition) is 2. The number of phenols is 2. The molecule has 0 bridgehead atoms. The van der Waals surface area contributed by atoms with Crippen molar-refractivity contribution >= 4 is 17.3 Å². The van der Waals surface area contributed by atoms with E-state index in [0.29, 0.717) is 22.4 Å². The summed E-state index contributed by atoms with van der Waals surface area (Å²) in [5, 5.41) is 30.2. The molecule has 4 aromatic rings. The lowest BCUT2D eigenvalue weighted by Gasteiger charge is -2.08. The van der Waals surface area contributed by atoms with Gasteiger partial charge >= 0.3 is 5.69 Å². The summed E-state index contributed by atoms with van der Waals surface area (Å²) in [5.74, 6) is -0.820. The largest absolute Gasteiger partial charge is 0.504 e.